The van der Waals surface area contributed by atoms with E-state index in [0.717, 1.165) is 12.1 Å². The van der Waals surface area contributed by atoms with E-state index in [4.69, 9.17) is 0 Å². The Bertz CT molecular complexity index is 523. The van der Waals surface area contributed by atoms with E-state index in [9.17, 15) is 14.7 Å². The molecule has 1 aromatic rings. The predicted molar refractivity (Wildman–Crippen MR) is 88.9 cm³/mol. The van der Waals surface area contributed by atoms with E-state index in [0.29, 0.717) is 12.3 Å². The Hall–Kier alpha value is -1.69. The van der Waals surface area contributed by atoms with Crippen LogP contribution in [0.4, 0.5) is 5.69 Å². The molecule has 22 heavy (non-hydrogen) atoms. The van der Waals surface area contributed by atoms with Crippen LogP contribution < -0.4 is 5.32 Å². The number of carbonyl (C=O) groups excluding carboxylic acids is 1. The highest BCUT2D eigenvalue weighted by molar-refractivity contribution is 8.00. The number of carboxylic acids is 1. The highest BCUT2D eigenvalue weighted by Crippen LogP contribution is 2.27. The number of thioether (sulfide) groups is 1. The maximum absolute atomic E-state index is 12.9. The van der Waals surface area contributed by atoms with E-state index in [-0.39, 0.29) is 11.8 Å². The number of para-hydroxylation sites is 1. The van der Waals surface area contributed by atoms with Crippen molar-refractivity contribution in [2.45, 2.75) is 31.7 Å². The molecular formula is C16H22N2O3S. The zero-order chi connectivity index (χ0) is 16.1. The second kappa shape index (κ2) is 7.54. The Morgan fingerprint density at radius 3 is 2.68 bits per heavy atom. The lowest BCUT2D eigenvalue weighted by Crippen LogP contribution is -2.49. The van der Waals surface area contributed by atoms with Gasteiger partial charge in [-0.3, -0.25) is 4.79 Å². The number of rotatable bonds is 6. The van der Waals surface area contributed by atoms with Gasteiger partial charge < -0.3 is 15.3 Å². The van der Waals surface area contributed by atoms with Crippen molar-refractivity contribution in [1.82, 2.24) is 4.90 Å². The van der Waals surface area contributed by atoms with Crippen LogP contribution in [0.5, 0.6) is 0 Å². The van der Waals surface area contributed by atoms with Crippen LogP contribution in [0, 0.1) is 5.92 Å². The summed E-state index contributed by atoms with van der Waals surface area (Å²) in [6.45, 7) is 4.53. The van der Waals surface area contributed by atoms with Gasteiger partial charge in [-0.1, -0.05) is 38.5 Å². The van der Waals surface area contributed by atoms with E-state index < -0.39 is 17.4 Å². The number of anilines is 1. The first-order valence-corrected chi connectivity index (χ1v) is 8.56. The molecule has 120 valence electrons. The number of aliphatic carboxylic acids is 1. The first-order chi connectivity index (χ1) is 10.5. The van der Waals surface area contributed by atoms with Crippen LogP contribution in [0.15, 0.2) is 30.3 Å². The summed E-state index contributed by atoms with van der Waals surface area (Å²) in [7, 11) is 0. The van der Waals surface area contributed by atoms with Crippen molar-refractivity contribution in [2.24, 2.45) is 5.92 Å². The summed E-state index contributed by atoms with van der Waals surface area (Å²) in [6.07, 6.45) is 0.842. The Morgan fingerprint density at radius 2 is 2.09 bits per heavy atom. The van der Waals surface area contributed by atoms with Gasteiger partial charge in [0.1, 0.15) is 6.04 Å². The molecule has 1 heterocycles. The zero-order valence-corrected chi connectivity index (χ0v) is 13.7. The molecule has 1 aliphatic heterocycles. The molecule has 0 saturated carbocycles. The molecule has 6 heteroatoms. The van der Waals surface area contributed by atoms with Crippen LogP contribution in [0.25, 0.3) is 0 Å². The lowest BCUT2D eigenvalue weighted by Gasteiger charge is -2.30. The van der Waals surface area contributed by atoms with Crippen LogP contribution in [-0.4, -0.2) is 45.6 Å². The Labute approximate surface area is 135 Å². The van der Waals surface area contributed by atoms with Gasteiger partial charge in [-0.25, -0.2) is 4.79 Å². The molecule has 0 radical (unpaired) electrons. The molecule has 1 amide bonds. The van der Waals surface area contributed by atoms with Gasteiger partial charge in [-0.2, -0.15) is 0 Å². The van der Waals surface area contributed by atoms with Crippen molar-refractivity contribution in [2.75, 3.05) is 17.6 Å². The number of hydrogen-bond donors (Lipinski definition) is 2. The molecule has 2 rings (SSSR count). The summed E-state index contributed by atoms with van der Waals surface area (Å²) in [5, 5.41) is 11.8. The second-order valence-electron chi connectivity index (χ2n) is 5.47. The third kappa shape index (κ3) is 3.74. The first kappa shape index (κ1) is 16.7. The number of nitrogens with one attached hydrogen (secondary N) is 1. The summed E-state index contributed by atoms with van der Waals surface area (Å²) < 4.78 is 0. The fraction of sp³-hybridized carbons (Fsp3) is 0.500. The van der Waals surface area contributed by atoms with E-state index in [1.54, 1.807) is 0 Å². The fourth-order valence-corrected chi connectivity index (χ4v) is 3.53. The van der Waals surface area contributed by atoms with Crippen molar-refractivity contribution in [3.8, 4) is 0 Å². The number of hydrogen-bond acceptors (Lipinski definition) is 4. The van der Waals surface area contributed by atoms with Gasteiger partial charge in [0, 0.05) is 18.0 Å². The van der Waals surface area contributed by atoms with Gasteiger partial charge in [0.05, 0.1) is 0 Å². The summed E-state index contributed by atoms with van der Waals surface area (Å²) in [5.41, 5.74) is 0.875. The Morgan fingerprint density at radius 1 is 1.41 bits per heavy atom. The minimum absolute atomic E-state index is 0.118. The van der Waals surface area contributed by atoms with Crippen LogP contribution in [0.2, 0.25) is 0 Å². The molecule has 1 aromatic carbocycles. The number of benzene rings is 1. The quantitative estimate of drug-likeness (QED) is 0.842. The summed E-state index contributed by atoms with van der Waals surface area (Å²) >= 11 is 1.31. The largest absolute Gasteiger partial charge is 0.479 e. The summed E-state index contributed by atoms with van der Waals surface area (Å²) in [6, 6.07) is 9.15. The van der Waals surface area contributed by atoms with Gasteiger partial charge in [-0.05, 0) is 18.1 Å². The van der Waals surface area contributed by atoms with Gasteiger partial charge in [0.25, 0.3) is 0 Å². The Balaban J connectivity index is 2.18. The van der Waals surface area contributed by atoms with E-state index in [1.165, 1.54) is 16.7 Å². The van der Waals surface area contributed by atoms with Crippen molar-refractivity contribution < 1.29 is 14.7 Å². The van der Waals surface area contributed by atoms with Gasteiger partial charge in [0.15, 0.2) is 5.37 Å². The van der Waals surface area contributed by atoms with Crippen LogP contribution in [0.1, 0.15) is 20.3 Å². The summed E-state index contributed by atoms with van der Waals surface area (Å²) in [5.74, 6) is -0.289. The standard InChI is InChI=1S/C16H22N2O3S/c1-3-11(2)13(17-12-7-5-4-6-8-12)14(19)18-9-10-22-15(18)16(20)21/h4-8,11,13,15,17H,3,9-10H2,1-2H3,(H,20,21). The highest BCUT2D eigenvalue weighted by atomic mass is 32.2. The van der Waals surface area contributed by atoms with Crippen LogP contribution in [-0.2, 0) is 9.59 Å². The topological polar surface area (TPSA) is 69.6 Å². The van der Waals surface area contributed by atoms with Crippen molar-refractivity contribution in [3.63, 3.8) is 0 Å². The van der Waals surface area contributed by atoms with E-state index in [2.05, 4.69) is 5.32 Å². The highest BCUT2D eigenvalue weighted by Gasteiger charge is 2.39. The molecule has 2 N–H and O–H groups in total. The van der Waals surface area contributed by atoms with Crippen LogP contribution >= 0.6 is 11.8 Å². The van der Waals surface area contributed by atoms with Gasteiger partial charge in [-0.15, -0.1) is 11.8 Å². The maximum Gasteiger partial charge on any atom is 0.337 e. The third-order valence-corrected chi connectivity index (χ3v) is 5.15. The molecule has 3 atom stereocenters. The van der Waals surface area contributed by atoms with E-state index >= 15 is 0 Å². The predicted octanol–water partition coefficient (Wildman–Crippen LogP) is 2.50. The SMILES string of the molecule is CCC(C)C(Nc1ccccc1)C(=O)N1CCSC1C(=O)O. The molecular weight excluding hydrogens is 300 g/mol. The first-order valence-electron chi connectivity index (χ1n) is 7.51. The molecule has 1 aliphatic rings. The maximum atomic E-state index is 12.9. The van der Waals surface area contributed by atoms with Gasteiger partial charge >= 0.3 is 5.97 Å². The molecule has 0 aromatic heterocycles. The molecule has 1 fully saturated rings. The number of nitrogens with zero attached hydrogens (tertiary/aromatic N) is 1. The van der Waals surface area contributed by atoms with E-state index in [1.807, 2.05) is 44.2 Å². The zero-order valence-electron chi connectivity index (χ0n) is 12.9. The molecule has 5 nitrogen and oxygen atoms in total. The molecule has 0 bridgehead atoms. The number of carboxylic acid groups (broad SMARTS) is 1. The third-order valence-electron chi connectivity index (χ3n) is 3.96. The van der Waals surface area contributed by atoms with Gasteiger partial charge in [0.2, 0.25) is 5.91 Å². The monoisotopic (exact) mass is 322 g/mol. The molecule has 3 unspecified atom stereocenters. The lowest BCUT2D eigenvalue weighted by molar-refractivity contribution is -0.146. The minimum Gasteiger partial charge on any atom is -0.479 e. The summed E-state index contributed by atoms with van der Waals surface area (Å²) in [4.78, 5) is 25.6. The Kier molecular flexibility index (Phi) is 5.71. The normalized spacial score (nSPS) is 20.5. The fourth-order valence-electron chi connectivity index (χ4n) is 2.48. The van der Waals surface area contributed by atoms with Crippen molar-refractivity contribution >= 4 is 29.3 Å². The molecule has 0 spiro atoms. The molecule has 0 aliphatic carbocycles. The molecule has 1 saturated heterocycles. The smallest absolute Gasteiger partial charge is 0.337 e. The van der Waals surface area contributed by atoms with Crippen LogP contribution in [0.3, 0.4) is 0 Å². The van der Waals surface area contributed by atoms with Crippen molar-refractivity contribution in [3.05, 3.63) is 30.3 Å². The van der Waals surface area contributed by atoms with Crippen molar-refractivity contribution in [1.29, 1.82) is 0 Å². The minimum atomic E-state index is -0.946. The lowest BCUT2D eigenvalue weighted by atomic mass is 9.97. The number of amides is 1. The number of carbonyl (C=O) groups is 2. The average molecular weight is 322 g/mol. The average Bonchev–Trinajstić information content (AvgIpc) is 3.02. The second-order valence-corrected chi connectivity index (χ2v) is 6.65.